The Morgan fingerprint density at radius 3 is 2.82 bits per heavy atom. The molecule has 0 spiro atoms. The van der Waals surface area contributed by atoms with Gasteiger partial charge in [-0.1, -0.05) is 6.42 Å². The summed E-state index contributed by atoms with van der Waals surface area (Å²) < 4.78 is 0. The summed E-state index contributed by atoms with van der Waals surface area (Å²) in [6, 6.07) is 1.18. The molecule has 2 N–H and O–H groups in total. The van der Waals surface area contributed by atoms with Gasteiger partial charge in [-0.25, -0.2) is 0 Å². The van der Waals surface area contributed by atoms with Gasteiger partial charge >= 0.3 is 0 Å². The molecular weight excluding hydrogens is 230 g/mol. The SMILES string of the molecule is CC(C)NC(=S)NCCCN1CCCCC1C. The van der Waals surface area contributed by atoms with Crippen molar-refractivity contribution >= 4 is 17.3 Å². The molecule has 1 rings (SSSR count). The summed E-state index contributed by atoms with van der Waals surface area (Å²) in [7, 11) is 0. The number of nitrogens with zero attached hydrogens (tertiary/aromatic N) is 1. The van der Waals surface area contributed by atoms with E-state index in [1.807, 2.05) is 0 Å². The summed E-state index contributed by atoms with van der Waals surface area (Å²) in [6.45, 7) is 9.99. The predicted octanol–water partition coefficient (Wildman–Crippen LogP) is 2.12. The zero-order valence-electron chi connectivity index (χ0n) is 11.5. The molecule has 1 aliphatic rings. The van der Waals surface area contributed by atoms with E-state index in [-0.39, 0.29) is 0 Å². The van der Waals surface area contributed by atoms with Crippen LogP contribution in [0.3, 0.4) is 0 Å². The standard InChI is InChI=1S/C13H27N3S/c1-11(2)15-13(17)14-8-6-10-16-9-5-4-7-12(16)3/h11-12H,4-10H2,1-3H3,(H2,14,15,17). The second kappa shape index (κ2) is 7.88. The highest BCUT2D eigenvalue weighted by Crippen LogP contribution is 2.15. The van der Waals surface area contributed by atoms with E-state index in [4.69, 9.17) is 12.2 Å². The zero-order valence-corrected chi connectivity index (χ0v) is 12.3. The molecule has 100 valence electrons. The van der Waals surface area contributed by atoms with Gasteiger partial charge in [0.25, 0.3) is 0 Å². The lowest BCUT2D eigenvalue weighted by Gasteiger charge is -2.33. The molecule has 0 aromatic heterocycles. The molecule has 1 heterocycles. The fraction of sp³-hybridized carbons (Fsp3) is 0.923. The first kappa shape index (κ1) is 14.7. The van der Waals surface area contributed by atoms with Crippen molar-refractivity contribution in [2.75, 3.05) is 19.6 Å². The largest absolute Gasteiger partial charge is 0.363 e. The van der Waals surface area contributed by atoms with Gasteiger partial charge in [0, 0.05) is 25.2 Å². The highest BCUT2D eigenvalue weighted by atomic mass is 32.1. The van der Waals surface area contributed by atoms with Crippen molar-refractivity contribution in [1.82, 2.24) is 15.5 Å². The van der Waals surface area contributed by atoms with Gasteiger partial charge in [-0.05, 0) is 58.8 Å². The maximum atomic E-state index is 5.19. The summed E-state index contributed by atoms with van der Waals surface area (Å²) in [5.41, 5.74) is 0. The Morgan fingerprint density at radius 1 is 1.41 bits per heavy atom. The van der Waals surface area contributed by atoms with Gasteiger partial charge < -0.3 is 15.5 Å². The van der Waals surface area contributed by atoms with Crippen LogP contribution in [0.4, 0.5) is 0 Å². The van der Waals surface area contributed by atoms with Crippen LogP contribution in [0.1, 0.15) is 46.5 Å². The van der Waals surface area contributed by atoms with Crippen LogP contribution in [-0.2, 0) is 0 Å². The van der Waals surface area contributed by atoms with Crippen LogP contribution < -0.4 is 10.6 Å². The van der Waals surface area contributed by atoms with Crippen LogP contribution in [-0.4, -0.2) is 41.7 Å². The minimum absolute atomic E-state index is 0.414. The van der Waals surface area contributed by atoms with E-state index in [1.54, 1.807) is 0 Å². The number of thiocarbonyl (C=S) groups is 1. The molecular formula is C13H27N3S. The fourth-order valence-corrected chi connectivity index (χ4v) is 2.62. The van der Waals surface area contributed by atoms with Crippen LogP contribution >= 0.6 is 12.2 Å². The van der Waals surface area contributed by atoms with E-state index in [0.717, 1.165) is 17.7 Å². The van der Waals surface area contributed by atoms with Crippen LogP contribution in [0, 0.1) is 0 Å². The second-order valence-corrected chi connectivity index (χ2v) is 5.70. The molecule has 1 unspecified atom stereocenters. The summed E-state index contributed by atoms with van der Waals surface area (Å²) in [6.07, 6.45) is 5.30. The highest BCUT2D eigenvalue weighted by Gasteiger charge is 2.16. The maximum Gasteiger partial charge on any atom is 0.166 e. The summed E-state index contributed by atoms with van der Waals surface area (Å²) in [5, 5.41) is 7.24. The van der Waals surface area contributed by atoms with Crippen molar-refractivity contribution in [3.05, 3.63) is 0 Å². The van der Waals surface area contributed by atoms with E-state index in [0.29, 0.717) is 6.04 Å². The lowest BCUT2D eigenvalue weighted by molar-refractivity contribution is 0.159. The monoisotopic (exact) mass is 257 g/mol. The zero-order chi connectivity index (χ0) is 12.7. The second-order valence-electron chi connectivity index (χ2n) is 5.29. The van der Waals surface area contributed by atoms with Gasteiger partial charge in [0.1, 0.15) is 0 Å². The molecule has 0 bridgehead atoms. The summed E-state index contributed by atoms with van der Waals surface area (Å²) in [5.74, 6) is 0. The first-order valence-corrected chi connectivity index (χ1v) is 7.29. The van der Waals surface area contributed by atoms with Crippen LogP contribution in [0.15, 0.2) is 0 Å². The topological polar surface area (TPSA) is 27.3 Å². The van der Waals surface area contributed by atoms with Crippen molar-refractivity contribution in [1.29, 1.82) is 0 Å². The van der Waals surface area contributed by atoms with Crippen molar-refractivity contribution in [2.24, 2.45) is 0 Å². The first-order chi connectivity index (χ1) is 8.09. The molecule has 0 aromatic carbocycles. The van der Waals surface area contributed by atoms with E-state index < -0.39 is 0 Å². The average Bonchev–Trinajstić information content (AvgIpc) is 2.25. The van der Waals surface area contributed by atoms with Crippen molar-refractivity contribution in [2.45, 2.75) is 58.5 Å². The number of likely N-dealkylation sites (tertiary alicyclic amines) is 1. The minimum Gasteiger partial charge on any atom is -0.363 e. The highest BCUT2D eigenvalue weighted by molar-refractivity contribution is 7.80. The molecule has 17 heavy (non-hydrogen) atoms. The molecule has 0 amide bonds. The molecule has 0 radical (unpaired) electrons. The maximum absolute atomic E-state index is 5.19. The summed E-state index contributed by atoms with van der Waals surface area (Å²) in [4.78, 5) is 2.60. The minimum atomic E-state index is 0.414. The number of piperidine rings is 1. The van der Waals surface area contributed by atoms with E-state index in [2.05, 4.69) is 36.3 Å². The molecule has 3 nitrogen and oxygen atoms in total. The van der Waals surface area contributed by atoms with Crippen molar-refractivity contribution in [3.8, 4) is 0 Å². The quantitative estimate of drug-likeness (QED) is 0.583. The average molecular weight is 257 g/mol. The van der Waals surface area contributed by atoms with E-state index in [9.17, 15) is 0 Å². The number of rotatable bonds is 5. The van der Waals surface area contributed by atoms with Crippen molar-refractivity contribution in [3.63, 3.8) is 0 Å². The Hall–Kier alpha value is -0.350. The number of hydrogen-bond acceptors (Lipinski definition) is 2. The molecule has 1 fully saturated rings. The molecule has 0 aromatic rings. The van der Waals surface area contributed by atoms with Crippen LogP contribution in [0.5, 0.6) is 0 Å². The molecule has 0 aliphatic carbocycles. The molecule has 0 saturated carbocycles. The Bertz CT molecular complexity index is 231. The lowest BCUT2D eigenvalue weighted by atomic mass is 10.0. The van der Waals surface area contributed by atoms with Gasteiger partial charge in [0.15, 0.2) is 5.11 Å². The van der Waals surface area contributed by atoms with Crippen molar-refractivity contribution < 1.29 is 0 Å². The van der Waals surface area contributed by atoms with Crippen LogP contribution in [0.2, 0.25) is 0 Å². The molecule has 1 aliphatic heterocycles. The lowest BCUT2D eigenvalue weighted by Crippen LogP contribution is -2.42. The Labute approximate surface area is 111 Å². The predicted molar refractivity (Wildman–Crippen MR) is 78.4 cm³/mol. The third-order valence-electron chi connectivity index (χ3n) is 3.27. The van der Waals surface area contributed by atoms with Gasteiger partial charge in [-0.2, -0.15) is 0 Å². The third-order valence-corrected chi connectivity index (χ3v) is 3.53. The fourth-order valence-electron chi connectivity index (χ4n) is 2.29. The molecule has 1 saturated heterocycles. The number of hydrogen-bond donors (Lipinski definition) is 2. The van der Waals surface area contributed by atoms with Gasteiger partial charge in [-0.3, -0.25) is 0 Å². The van der Waals surface area contributed by atoms with E-state index in [1.165, 1.54) is 38.8 Å². The normalized spacial score (nSPS) is 21.5. The Morgan fingerprint density at radius 2 is 2.18 bits per heavy atom. The number of nitrogens with one attached hydrogen (secondary N) is 2. The third kappa shape index (κ3) is 6.22. The summed E-state index contributed by atoms with van der Waals surface area (Å²) >= 11 is 5.19. The van der Waals surface area contributed by atoms with Gasteiger partial charge in [-0.15, -0.1) is 0 Å². The Balaban J connectivity index is 2.05. The first-order valence-electron chi connectivity index (χ1n) is 6.88. The Kier molecular flexibility index (Phi) is 6.82. The van der Waals surface area contributed by atoms with E-state index >= 15 is 0 Å². The van der Waals surface area contributed by atoms with Gasteiger partial charge in [0.05, 0.1) is 0 Å². The molecule has 1 atom stereocenters. The smallest absolute Gasteiger partial charge is 0.166 e. The van der Waals surface area contributed by atoms with Crippen LogP contribution in [0.25, 0.3) is 0 Å². The van der Waals surface area contributed by atoms with Gasteiger partial charge in [0.2, 0.25) is 0 Å². The molecule has 4 heteroatoms.